The summed E-state index contributed by atoms with van der Waals surface area (Å²) in [6.45, 7) is 3.77. The molecule has 0 saturated heterocycles. The molecule has 1 nitrogen and oxygen atoms in total. The molecule has 96 valence electrons. The summed E-state index contributed by atoms with van der Waals surface area (Å²) in [7, 11) is 0. The molecule has 0 aromatic heterocycles. The Morgan fingerprint density at radius 3 is 2.47 bits per heavy atom. The molecule has 0 aliphatic carbocycles. The normalized spacial score (nSPS) is 13.5. The molecule has 17 heavy (non-hydrogen) atoms. The van der Waals surface area contributed by atoms with Crippen LogP contribution in [-0.2, 0) is 6.18 Å². The first-order valence-corrected chi connectivity index (χ1v) is 5.48. The summed E-state index contributed by atoms with van der Waals surface area (Å²) in [5, 5.41) is 2.75. The minimum atomic E-state index is -4.45. The van der Waals surface area contributed by atoms with E-state index in [1.165, 1.54) is 0 Å². The molecule has 0 fully saturated rings. The van der Waals surface area contributed by atoms with Crippen molar-refractivity contribution in [3.8, 4) is 0 Å². The number of hydrogen-bond donors (Lipinski definition) is 1. The van der Waals surface area contributed by atoms with E-state index in [9.17, 15) is 17.6 Å². The second kappa shape index (κ2) is 5.38. The van der Waals surface area contributed by atoms with Crippen LogP contribution in [0.1, 0.15) is 32.3 Å². The molecular formula is C12H15F4N. The minimum absolute atomic E-state index is 0.0574. The van der Waals surface area contributed by atoms with Gasteiger partial charge in [-0.1, -0.05) is 13.3 Å². The van der Waals surface area contributed by atoms with Gasteiger partial charge in [0.2, 0.25) is 0 Å². The smallest absolute Gasteiger partial charge is 0.380 e. The SMILES string of the molecule is CCCC(C)Nc1cc(C(F)(F)F)ccc1F. The number of halogens is 4. The first-order chi connectivity index (χ1) is 7.84. The highest BCUT2D eigenvalue weighted by Gasteiger charge is 2.31. The standard InChI is InChI=1S/C12H15F4N/c1-3-4-8(2)17-11-7-9(12(14,15)16)5-6-10(11)13/h5-8,17H,3-4H2,1-2H3. The molecule has 1 unspecified atom stereocenters. The lowest BCUT2D eigenvalue weighted by Gasteiger charge is -2.16. The van der Waals surface area contributed by atoms with Crippen LogP contribution in [0.15, 0.2) is 18.2 Å². The lowest BCUT2D eigenvalue weighted by atomic mass is 10.1. The number of benzene rings is 1. The molecule has 0 heterocycles. The largest absolute Gasteiger partial charge is 0.416 e. The molecule has 1 rings (SSSR count). The van der Waals surface area contributed by atoms with E-state index in [4.69, 9.17) is 0 Å². The second-order valence-corrected chi connectivity index (χ2v) is 4.03. The van der Waals surface area contributed by atoms with Gasteiger partial charge >= 0.3 is 6.18 Å². The van der Waals surface area contributed by atoms with Gasteiger partial charge in [-0.2, -0.15) is 13.2 Å². The molecule has 0 amide bonds. The summed E-state index contributed by atoms with van der Waals surface area (Å²) in [6.07, 6.45) is -2.79. The van der Waals surface area contributed by atoms with Crippen LogP contribution >= 0.6 is 0 Å². The van der Waals surface area contributed by atoms with Gasteiger partial charge in [0.25, 0.3) is 0 Å². The van der Waals surface area contributed by atoms with E-state index in [0.29, 0.717) is 0 Å². The summed E-state index contributed by atoms with van der Waals surface area (Å²) in [5.41, 5.74) is -0.939. The molecular weight excluding hydrogens is 234 g/mol. The van der Waals surface area contributed by atoms with Crippen LogP contribution in [0.4, 0.5) is 23.2 Å². The van der Waals surface area contributed by atoms with Gasteiger partial charge in [-0.25, -0.2) is 4.39 Å². The van der Waals surface area contributed by atoms with E-state index in [1.54, 1.807) is 0 Å². The lowest BCUT2D eigenvalue weighted by Crippen LogP contribution is -2.16. The van der Waals surface area contributed by atoms with E-state index < -0.39 is 17.6 Å². The maximum absolute atomic E-state index is 13.3. The van der Waals surface area contributed by atoms with Gasteiger partial charge in [-0.05, 0) is 31.5 Å². The third kappa shape index (κ3) is 3.91. The number of alkyl halides is 3. The highest BCUT2D eigenvalue weighted by molar-refractivity contribution is 5.48. The van der Waals surface area contributed by atoms with E-state index in [2.05, 4.69) is 5.32 Å². The van der Waals surface area contributed by atoms with Crippen molar-refractivity contribution in [1.29, 1.82) is 0 Å². The van der Waals surface area contributed by atoms with E-state index in [1.807, 2.05) is 13.8 Å². The zero-order valence-electron chi connectivity index (χ0n) is 9.74. The summed E-state index contributed by atoms with van der Waals surface area (Å²) < 4.78 is 50.6. The number of anilines is 1. The molecule has 0 saturated carbocycles. The fourth-order valence-corrected chi connectivity index (χ4v) is 1.58. The average Bonchev–Trinajstić information content (AvgIpc) is 2.20. The summed E-state index contributed by atoms with van der Waals surface area (Å²) in [6, 6.07) is 2.33. The second-order valence-electron chi connectivity index (χ2n) is 4.03. The summed E-state index contributed by atoms with van der Waals surface area (Å²) in [5.74, 6) is -0.666. The van der Waals surface area contributed by atoms with Gasteiger partial charge in [-0.3, -0.25) is 0 Å². The quantitative estimate of drug-likeness (QED) is 0.777. The molecule has 0 spiro atoms. The maximum Gasteiger partial charge on any atom is 0.416 e. The third-order valence-electron chi connectivity index (χ3n) is 2.42. The van der Waals surface area contributed by atoms with Gasteiger partial charge in [0.05, 0.1) is 11.3 Å². The third-order valence-corrected chi connectivity index (χ3v) is 2.42. The van der Waals surface area contributed by atoms with E-state index in [0.717, 1.165) is 31.0 Å². The van der Waals surface area contributed by atoms with Gasteiger partial charge in [0.1, 0.15) is 5.82 Å². The van der Waals surface area contributed by atoms with Gasteiger partial charge in [-0.15, -0.1) is 0 Å². The first-order valence-electron chi connectivity index (χ1n) is 5.48. The topological polar surface area (TPSA) is 12.0 Å². The first kappa shape index (κ1) is 13.8. The highest BCUT2D eigenvalue weighted by atomic mass is 19.4. The van der Waals surface area contributed by atoms with Crippen LogP contribution < -0.4 is 5.32 Å². The summed E-state index contributed by atoms with van der Waals surface area (Å²) in [4.78, 5) is 0. The molecule has 1 aromatic carbocycles. The zero-order valence-corrected chi connectivity index (χ0v) is 9.74. The minimum Gasteiger partial charge on any atom is -0.380 e. The molecule has 1 atom stereocenters. The lowest BCUT2D eigenvalue weighted by molar-refractivity contribution is -0.137. The van der Waals surface area contributed by atoms with Crippen LogP contribution in [0.5, 0.6) is 0 Å². The van der Waals surface area contributed by atoms with Crippen LogP contribution in [0.2, 0.25) is 0 Å². The van der Waals surface area contributed by atoms with Crippen molar-refractivity contribution in [2.24, 2.45) is 0 Å². The van der Waals surface area contributed by atoms with Crippen LogP contribution in [0, 0.1) is 5.82 Å². The Morgan fingerprint density at radius 1 is 1.29 bits per heavy atom. The Morgan fingerprint density at radius 2 is 1.94 bits per heavy atom. The van der Waals surface area contributed by atoms with Crippen molar-refractivity contribution in [2.45, 2.75) is 38.9 Å². The Balaban J connectivity index is 2.91. The number of nitrogens with one attached hydrogen (secondary N) is 1. The molecule has 0 radical (unpaired) electrons. The van der Waals surface area contributed by atoms with Crippen molar-refractivity contribution >= 4 is 5.69 Å². The van der Waals surface area contributed by atoms with E-state index >= 15 is 0 Å². The van der Waals surface area contributed by atoms with Crippen molar-refractivity contribution in [2.75, 3.05) is 5.32 Å². The van der Waals surface area contributed by atoms with Crippen LogP contribution in [0.3, 0.4) is 0 Å². The Hall–Kier alpha value is -1.26. The molecule has 0 aliphatic rings. The van der Waals surface area contributed by atoms with Gasteiger partial charge in [0, 0.05) is 6.04 Å². The summed E-state index contributed by atoms with van der Waals surface area (Å²) >= 11 is 0. The highest BCUT2D eigenvalue weighted by Crippen LogP contribution is 2.32. The monoisotopic (exact) mass is 249 g/mol. The van der Waals surface area contributed by atoms with Crippen LogP contribution in [-0.4, -0.2) is 6.04 Å². The van der Waals surface area contributed by atoms with Crippen molar-refractivity contribution < 1.29 is 17.6 Å². The van der Waals surface area contributed by atoms with E-state index in [-0.39, 0.29) is 11.7 Å². The average molecular weight is 249 g/mol. The van der Waals surface area contributed by atoms with Crippen LogP contribution in [0.25, 0.3) is 0 Å². The van der Waals surface area contributed by atoms with Crippen molar-refractivity contribution in [1.82, 2.24) is 0 Å². The Bertz CT molecular complexity index is 373. The Kier molecular flexibility index (Phi) is 4.37. The number of rotatable bonds is 4. The molecule has 0 aliphatic heterocycles. The zero-order chi connectivity index (χ0) is 13.1. The fraction of sp³-hybridized carbons (Fsp3) is 0.500. The maximum atomic E-state index is 13.3. The molecule has 5 heteroatoms. The molecule has 1 N–H and O–H groups in total. The molecule has 1 aromatic rings. The van der Waals surface area contributed by atoms with Gasteiger partial charge in [0.15, 0.2) is 0 Å². The fourth-order valence-electron chi connectivity index (χ4n) is 1.58. The van der Waals surface area contributed by atoms with Gasteiger partial charge < -0.3 is 5.32 Å². The Labute approximate surface area is 97.8 Å². The van der Waals surface area contributed by atoms with Crippen molar-refractivity contribution in [3.05, 3.63) is 29.6 Å². The predicted molar refractivity (Wildman–Crippen MR) is 59.4 cm³/mol. The number of hydrogen-bond acceptors (Lipinski definition) is 1. The van der Waals surface area contributed by atoms with Crippen molar-refractivity contribution in [3.63, 3.8) is 0 Å². The predicted octanol–water partition coefficient (Wildman–Crippen LogP) is 4.45. The molecule has 0 bridgehead atoms.